The average molecular weight is 468 g/mol. The first-order valence-electron chi connectivity index (χ1n) is 9.46. The standard InChI is InChI=1S/C21H26ClN3O5S/c1-15(21(27)23-2)25(13-16-6-5-7-18(12-16)30-4)20(26)14-24(3)31(28,29)19-10-8-17(22)9-11-19/h5-12,15H,13-14H2,1-4H3,(H,23,27)/t15-/m1/s1. The summed E-state index contributed by atoms with van der Waals surface area (Å²) in [6.45, 7) is 1.26. The van der Waals surface area contributed by atoms with Crippen molar-refractivity contribution in [3.63, 3.8) is 0 Å². The summed E-state index contributed by atoms with van der Waals surface area (Å²) < 4.78 is 31.8. The maximum absolute atomic E-state index is 13.1. The van der Waals surface area contributed by atoms with Crippen LogP contribution in [-0.2, 0) is 26.2 Å². The zero-order chi connectivity index (χ0) is 23.2. The summed E-state index contributed by atoms with van der Waals surface area (Å²) in [7, 11) is 0.413. The number of methoxy groups -OCH3 is 1. The van der Waals surface area contributed by atoms with Gasteiger partial charge in [-0.2, -0.15) is 4.31 Å². The molecule has 8 nitrogen and oxygen atoms in total. The molecule has 0 bridgehead atoms. The highest BCUT2D eigenvalue weighted by Crippen LogP contribution is 2.19. The van der Waals surface area contributed by atoms with Crippen LogP contribution in [0.2, 0.25) is 5.02 Å². The van der Waals surface area contributed by atoms with Gasteiger partial charge in [-0.25, -0.2) is 8.42 Å². The molecule has 0 heterocycles. The third-order valence-electron chi connectivity index (χ3n) is 4.78. The predicted octanol–water partition coefficient (Wildman–Crippen LogP) is 2.13. The number of ether oxygens (including phenoxy) is 1. The molecule has 0 aliphatic rings. The fraction of sp³-hybridized carbons (Fsp3) is 0.333. The van der Waals surface area contributed by atoms with Gasteiger partial charge in [-0.1, -0.05) is 23.7 Å². The van der Waals surface area contributed by atoms with Crippen LogP contribution in [0.4, 0.5) is 0 Å². The lowest BCUT2D eigenvalue weighted by molar-refractivity contribution is -0.140. The number of sulfonamides is 1. The van der Waals surface area contributed by atoms with Crippen molar-refractivity contribution in [2.24, 2.45) is 0 Å². The van der Waals surface area contributed by atoms with Crippen molar-refractivity contribution in [3.8, 4) is 5.75 Å². The van der Waals surface area contributed by atoms with Gasteiger partial charge in [0.25, 0.3) is 0 Å². The van der Waals surface area contributed by atoms with E-state index in [-0.39, 0.29) is 17.3 Å². The number of rotatable bonds is 9. The summed E-state index contributed by atoms with van der Waals surface area (Å²) in [4.78, 5) is 26.7. The molecule has 2 rings (SSSR count). The summed E-state index contributed by atoms with van der Waals surface area (Å²) in [6, 6.07) is 12.0. The summed E-state index contributed by atoms with van der Waals surface area (Å²) in [5.74, 6) is -0.265. The zero-order valence-electron chi connectivity index (χ0n) is 17.8. The van der Waals surface area contributed by atoms with Gasteiger partial charge >= 0.3 is 0 Å². The van der Waals surface area contributed by atoms with Crippen LogP contribution >= 0.6 is 11.6 Å². The number of amides is 2. The molecule has 31 heavy (non-hydrogen) atoms. The van der Waals surface area contributed by atoms with Crippen LogP contribution in [0.15, 0.2) is 53.4 Å². The third-order valence-corrected chi connectivity index (χ3v) is 6.85. The highest BCUT2D eigenvalue weighted by Gasteiger charge is 2.30. The van der Waals surface area contributed by atoms with E-state index in [9.17, 15) is 18.0 Å². The minimum atomic E-state index is -3.91. The van der Waals surface area contributed by atoms with E-state index in [1.165, 1.54) is 50.4 Å². The van der Waals surface area contributed by atoms with E-state index < -0.39 is 28.5 Å². The Balaban J connectivity index is 2.27. The summed E-state index contributed by atoms with van der Waals surface area (Å²) in [5.41, 5.74) is 0.742. The Bertz CT molecular complexity index is 1030. The maximum Gasteiger partial charge on any atom is 0.243 e. The molecule has 10 heteroatoms. The number of nitrogens with zero attached hydrogens (tertiary/aromatic N) is 2. The van der Waals surface area contributed by atoms with E-state index >= 15 is 0 Å². The molecule has 0 radical (unpaired) electrons. The number of carbonyl (C=O) groups excluding carboxylic acids is 2. The Morgan fingerprint density at radius 2 is 1.81 bits per heavy atom. The summed E-state index contributed by atoms with van der Waals surface area (Å²) in [6.07, 6.45) is 0. The lowest BCUT2D eigenvalue weighted by atomic mass is 10.1. The van der Waals surface area contributed by atoms with Crippen molar-refractivity contribution in [1.82, 2.24) is 14.5 Å². The first-order chi connectivity index (χ1) is 14.6. The topological polar surface area (TPSA) is 96.0 Å². The summed E-state index contributed by atoms with van der Waals surface area (Å²) >= 11 is 5.83. The number of likely N-dealkylation sites (N-methyl/N-ethyl adjacent to an activating group) is 2. The highest BCUT2D eigenvalue weighted by molar-refractivity contribution is 7.89. The van der Waals surface area contributed by atoms with E-state index in [0.29, 0.717) is 10.8 Å². The molecule has 0 spiro atoms. The first kappa shape index (κ1) is 24.6. The van der Waals surface area contributed by atoms with Gasteiger partial charge in [0, 0.05) is 25.7 Å². The second-order valence-corrected chi connectivity index (χ2v) is 9.36. The van der Waals surface area contributed by atoms with E-state index in [1.807, 2.05) is 0 Å². The Morgan fingerprint density at radius 3 is 2.39 bits per heavy atom. The Hall–Kier alpha value is -2.62. The van der Waals surface area contributed by atoms with Gasteiger partial charge in [-0.05, 0) is 48.9 Å². The molecule has 0 saturated carbocycles. The molecule has 168 valence electrons. The second-order valence-electron chi connectivity index (χ2n) is 6.88. The van der Waals surface area contributed by atoms with Crippen LogP contribution in [0.3, 0.4) is 0 Å². The largest absolute Gasteiger partial charge is 0.497 e. The minimum absolute atomic E-state index is 0.0193. The maximum atomic E-state index is 13.1. The molecule has 0 fully saturated rings. The molecule has 0 aliphatic heterocycles. The highest BCUT2D eigenvalue weighted by atomic mass is 35.5. The van der Waals surface area contributed by atoms with Gasteiger partial charge in [0.05, 0.1) is 18.6 Å². The number of carbonyl (C=O) groups is 2. The molecule has 0 unspecified atom stereocenters. The van der Waals surface area contributed by atoms with Gasteiger partial charge in [0.15, 0.2) is 0 Å². The monoisotopic (exact) mass is 467 g/mol. The molecule has 0 saturated heterocycles. The molecule has 1 N–H and O–H groups in total. The van der Waals surface area contributed by atoms with Crippen molar-refractivity contribution in [3.05, 3.63) is 59.1 Å². The first-order valence-corrected chi connectivity index (χ1v) is 11.3. The lowest BCUT2D eigenvalue weighted by Gasteiger charge is -2.30. The predicted molar refractivity (Wildman–Crippen MR) is 118 cm³/mol. The van der Waals surface area contributed by atoms with Crippen LogP contribution in [0.25, 0.3) is 0 Å². The second kappa shape index (κ2) is 10.6. The van der Waals surface area contributed by atoms with Gasteiger partial charge in [-0.3, -0.25) is 9.59 Å². The molecular weight excluding hydrogens is 442 g/mol. The smallest absolute Gasteiger partial charge is 0.243 e. The van der Waals surface area contributed by atoms with Crippen LogP contribution in [0, 0.1) is 0 Å². The average Bonchev–Trinajstić information content (AvgIpc) is 2.76. The number of halogens is 1. The fourth-order valence-corrected chi connectivity index (χ4v) is 4.16. The summed E-state index contributed by atoms with van der Waals surface area (Å²) in [5, 5.41) is 2.93. The molecule has 2 amide bonds. The normalized spacial score (nSPS) is 12.3. The molecule has 0 aliphatic carbocycles. The van der Waals surface area contributed by atoms with Crippen LogP contribution in [0.5, 0.6) is 5.75 Å². The fourth-order valence-electron chi connectivity index (χ4n) is 2.91. The number of hydrogen-bond acceptors (Lipinski definition) is 5. The van der Waals surface area contributed by atoms with Crippen molar-refractivity contribution in [2.45, 2.75) is 24.4 Å². The van der Waals surface area contributed by atoms with Crippen LogP contribution in [0.1, 0.15) is 12.5 Å². The van der Waals surface area contributed by atoms with E-state index in [0.717, 1.165) is 9.87 Å². The minimum Gasteiger partial charge on any atom is -0.497 e. The number of nitrogens with one attached hydrogen (secondary N) is 1. The molecular formula is C21H26ClN3O5S. The van der Waals surface area contributed by atoms with Crippen molar-refractivity contribution in [2.75, 3.05) is 27.7 Å². The van der Waals surface area contributed by atoms with E-state index in [1.54, 1.807) is 31.2 Å². The van der Waals surface area contributed by atoms with Crippen LogP contribution < -0.4 is 10.1 Å². The lowest BCUT2D eigenvalue weighted by Crippen LogP contribution is -2.50. The SMILES string of the molecule is CNC(=O)[C@@H](C)N(Cc1cccc(OC)c1)C(=O)CN(C)S(=O)(=O)c1ccc(Cl)cc1. The molecule has 2 aromatic carbocycles. The van der Waals surface area contributed by atoms with Crippen molar-refractivity contribution < 1.29 is 22.7 Å². The zero-order valence-corrected chi connectivity index (χ0v) is 19.4. The van der Waals surface area contributed by atoms with Gasteiger partial charge in [-0.15, -0.1) is 0 Å². The Kier molecular flexibility index (Phi) is 8.43. The molecule has 0 aromatic heterocycles. The third kappa shape index (κ3) is 6.19. The number of hydrogen-bond donors (Lipinski definition) is 1. The van der Waals surface area contributed by atoms with Crippen molar-refractivity contribution in [1.29, 1.82) is 0 Å². The van der Waals surface area contributed by atoms with E-state index in [4.69, 9.17) is 16.3 Å². The van der Waals surface area contributed by atoms with E-state index in [2.05, 4.69) is 5.32 Å². The quantitative estimate of drug-likeness (QED) is 0.609. The van der Waals surface area contributed by atoms with Gasteiger partial charge in [0.2, 0.25) is 21.8 Å². The molecule has 2 aromatic rings. The van der Waals surface area contributed by atoms with Crippen LogP contribution in [-0.4, -0.2) is 63.2 Å². The number of benzene rings is 2. The van der Waals surface area contributed by atoms with Crippen molar-refractivity contribution >= 4 is 33.4 Å². The Labute approximate surface area is 187 Å². The van der Waals surface area contributed by atoms with Gasteiger partial charge in [0.1, 0.15) is 11.8 Å². The molecule has 1 atom stereocenters. The van der Waals surface area contributed by atoms with Gasteiger partial charge < -0.3 is 15.0 Å². The Morgan fingerprint density at radius 1 is 1.16 bits per heavy atom.